The zero-order valence-electron chi connectivity index (χ0n) is 13.8. The van der Waals surface area contributed by atoms with Crippen LogP contribution in [0, 0.1) is 23.2 Å². The number of hydrogen-bond acceptors (Lipinski definition) is 6. The highest BCUT2D eigenvalue weighted by Crippen LogP contribution is 2.57. The normalized spacial score (nSPS) is 36.9. The molecular formula is C16H24O6S. The molecule has 3 fully saturated rings. The van der Waals surface area contributed by atoms with Crippen LogP contribution in [0.3, 0.4) is 0 Å². The van der Waals surface area contributed by atoms with Crippen LogP contribution in [-0.4, -0.2) is 44.1 Å². The maximum atomic E-state index is 12.1. The first kappa shape index (κ1) is 16.7. The molecule has 6 nitrogen and oxygen atoms in total. The summed E-state index contributed by atoms with van der Waals surface area (Å²) >= 11 is 0. The largest absolute Gasteiger partial charge is 0.459 e. The highest BCUT2D eigenvalue weighted by Gasteiger charge is 2.63. The molecule has 0 spiro atoms. The number of esters is 2. The second-order valence-corrected chi connectivity index (χ2v) is 9.96. The molecule has 130 valence electrons. The van der Waals surface area contributed by atoms with Crippen LogP contribution in [-0.2, 0) is 28.9 Å². The van der Waals surface area contributed by atoms with Gasteiger partial charge in [0.2, 0.25) is 0 Å². The Labute approximate surface area is 136 Å². The van der Waals surface area contributed by atoms with Gasteiger partial charge < -0.3 is 9.47 Å². The van der Waals surface area contributed by atoms with E-state index in [0.29, 0.717) is 12.8 Å². The molecule has 1 aliphatic heterocycles. The molecule has 1 saturated heterocycles. The van der Waals surface area contributed by atoms with Gasteiger partial charge in [0, 0.05) is 5.92 Å². The smallest absolute Gasteiger partial charge is 0.344 e. The van der Waals surface area contributed by atoms with Crippen molar-refractivity contribution in [3.05, 3.63) is 0 Å². The van der Waals surface area contributed by atoms with E-state index in [9.17, 15) is 18.0 Å². The molecule has 1 heterocycles. The fourth-order valence-electron chi connectivity index (χ4n) is 4.24. The predicted molar refractivity (Wildman–Crippen MR) is 82.2 cm³/mol. The van der Waals surface area contributed by atoms with E-state index < -0.39 is 33.8 Å². The van der Waals surface area contributed by atoms with Crippen LogP contribution in [0.5, 0.6) is 0 Å². The lowest BCUT2D eigenvalue weighted by atomic mass is 9.88. The fraction of sp³-hybridized carbons (Fsp3) is 0.875. The minimum Gasteiger partial charge on any atom is -0.459 e. The van der Waals surface area contributed by atoms with E-state index in [0.717, 1.165) is 6.42 Å². The average Bonchev–Trinajstić information content (AvgIpc) is 3.08. The molecule has 2 bridgehead atoms. The lowest BCUT2D eigenvalue weighted by molar-refractivity contribution is -0.169. The SMILES string of the molecule is CCC(C)(C)C(=O)OCC(=O)OC1C2CC3C1CS(=O)(=O)C3C2. The number of carbonyl (C=O) groups excluding carboxylic acids is 2. The first-order valence-corrected chi connectivity index (χ1v) is 9.95. The first-order valence-electron chi connectivity index (χ1n) is 8.24. The Bertz CT molecular complexity index is 622. The van der Waals surface area contributed by atoms with Crippen molar-refractivity contribution >= 4 is 21.8 Å². The van der Waals surface area contributed by atoms with Gasteiger partial charge in [-0.1, -0.05) is 6.92 Å². The lowest BCUT2D eigenvalue weighted by Gasteiger charge is -2.27. The molecule has 2 saturated carbocycles. The molecule has 3 rings (SSSR count). The van der Waals surface area contributed by atoms with Gasteiger partial charge in [-0.05, 0) is 44.9 Å². The van der Waals surface area contributed by atoms with Gasteiger partial charge in [-0.15, -0.1) is 0 Å². The maximum absolute atomic E-state index is 12.1. The van der Waals surface area contributed by atoms with E-state index in [-0.39, 0.29) is 34.9 Å². The maximum Gasteiger partial charge on any atom is 0.344 e. The Hall–Kier alpha value is -1.11. The Kier molecular flexibility index (Phi) is 3.98. The van der Waals surface area contributed by atoms with Crippen molar-refractivity contribution in [3.63, 3.8) is 0 Å². The van der Waals surface area contributed by atoms with Gasteiger partial charge in [0.1, 0.15) is 6.10 Å². The first-order chi connectivity index (χ1) is 10.7. The zero-order valence-corrected chi connectivity index (χ0v) is 14.6. The molecule has 0 aromatic carbocycles. The summed E-state index contributed by atoms with van der Waals surface area (Å²) in [6, 6.07) is 0. The highest BCUT2D eigenvalue weighted by molar-refractivity contribution is 7.92. The Morgan fingerprint density at radius 2 is 1.87 bits per heavy atom. The van der Waals surface area contributed by atoms with Crippen molar-refractivity contribution in [2.45, 2.75) is 51.4 Å². The van der Waals surface area contributed by atoms with Crippen LogP contribution >= 0.6 is 0 Å². The number of fused-ring (bicyclic) bond motifs is 1. The second-order valence-electron chi connectivity index (χ2n) is 7.70. The van der Waals surface area contributed by atoms with Crippen molar-refractivity contribution < 1.29 is 27.5 Å². The zero-order chi connectivity index (χ0) is 17.0. The molecule has 5 atom stereocenters. The summed E-state index contributed by atoms with van der Waals surface area (Å²) in [5.41, 5.74) is -0.626. The summed E-state index contributed by atoms with van der Waals surface area (Å²) in [6.45, 7) is 5.01. The van der Waals surface area contributed by atoms with Gasteiger partial charge in [-0.2, -0.15) is 0 Å². The van der Waals surface area contributed by atoms with Gasteiger partial charge in [-0.3, -0.25) is 4.79 Å². The summed E-state index contributed by atoms with van der Waals surface area (Å²) in [6.07, 6.45) is 1.72. The van der Waals surface area contributed by atoms with Gasteiger partial charge in [0.15, 0.2) is 16.4 Å². The van der Waals surface area contributed by atoms with Crippen molar-refractivity contribution in [2.75, 3.05) is 12.4 Å². The predicted octanol–water partition coefficient (Wildman–Crippen LogP) is 1.33. The number of ether oxygens (including phenoxy) is 2. The molecule has 0 N–H and O–H groups in total. The van der Waals surface area contributed by atoms with Gasteiger partial charge in [0.05, 0.1) is 16.4 Å². The standard InChI is InChI=1S/C16H24O6S/c1-4-16(2,3)15(18)21-7-13(17)22-14-9-5-10-11(14)8-23(19,20)12(10)6-9/h9-12,14H,4-8H2,1-3H3. The molecule has 3 aliphatic rings. The molecule has 2 aliphatic carbocycles. The lowest BCUT2D eigenvalue weighted by Crippen LogP contribution is -2.35. The summed E-state index contributed by atoms with van der Waals surface area (Å²) in [5, 5.41) is -0.226. The Morgan fingerprint density at radius 3 is 2.52 bits per heavy atom. The minimum absolute atomic E-state index is 0.0736. The second kappa shape index (κ2) is 5.46. The summed E-state index contributed by atoms with van der Waals surface area (Å²) in [7, 11) is -3.03. The van der Waals surface area contributed by atoms with E-state index in [1.807, 2.05) is 6.92 Å². The summed E-state index contributed by atoms with van der Waals surface area (Å²) in [5.74, 6) is -0.671. The third-order valence-electron chi connectivity index (χ3n) is 5.94. The van der Waals surface area contributed by atoms with Crippen molar-refractivity contribution in [3.8, 4) is 0 Å². The molecular weight excluding hydrogens is 320 g/mol. The van der Waals surface area contributed by atoms with Crippen molar-refractivity contribution in [1.29, 1.82) is 0 Å². The minimum atomic E-state index is -3.03. The van der Waals surface area contributed by atoms with Gasteiger partial charge >= 0.3 is 11.9 Å². The summed E-state index contributed by atoms with van der Waals surface area (Å²) < 4.78 is 34.6. The fourth-order valence-corrected chi connectivity index (χ4v) is 6.85. The number of sulfone groups is 1. The number of hydrogen-bond donors (Lipinski definition) is 0. The molecule has 7 heteroatoms. The molecule has 0 amide bonds. The van der Waals surface area contributed by atoms with Crippen LogP contribution in [0.1, 0.15) is 40.0 Å². The molecule has 23 heavy (non-hydrogen) atoms. The van der Waals surface area contributed by atoms with Crippen LogP contribution in [0.2, 0.25) is 0 Å². The van der Waals surface area contributed by atoms with Crippen molar-refractivity contribution in [1.82, 2.24) is 0 Å². The number of carbonyl (C=O) groups is 2. The molecule has 0 radical (unpaired) electrons. The van der Waals surface area contributed by atoms with Crippen LogP contribution in [0.15, 0.2) is 0 Å². The number of rotatable bonds is 5. The van der Waals surface area contributed by atoms with E-state index in [2.05, 4.69) is 0 Å². The van der Waals surface area contributed by atoms with E-state index in [1.165, 1.54) is 0 Å². The summed E-state index contributed by atoms with van der Waals surface area (Å²) in [4.78, 5) is 23.9. The molecule has 0 aromatic heterocycles. The molecule has 0 aromatic rings. The Balaban J connectivity index is 1.55. The topological polar surface area (TPSA) is 86.7 Å². The van der Waals surface area contributed by atoms with E-state index in [4.69, 9.17) is 9.47 Å². The van der Waals surface area contributed by atoms with E-state index >= 15 is 0 Å². The van der Waals surface area contributed by atoms with Gasteiger partial charge in [0.25, 0.3) is 0 Å². The van der Waals surface area contributed by atoms with E-state index in [1.54, 1.807) is 13.8 Å². The Morgan fingerprint density at radius 1 is 1.17 bits per heavy atom. The van der Waals surface area contributed by atoms with Crippen molar-refractivity contribution in [2.24, 2.45) is 23.2 Å². The van der Waals surface area contributed by atoms with Crippen LogP contribution < -0.4 is 0 Å². The molecule has 5 unspecified atom stereocenters. The van der Waals surface area contributed by atoms with Gasteiger partial charge in [-0.25, -0.2) is 13.2 Å². The third kappa shape index (κ3) is 2.77. The van der Waals surface area contributed by atoms with Crippen LogP contribution in [0.25, 0.3) is 0 Å². The quantitative estimate of drug-likeness (QED) is 0.699. The highest BCUT2D eigenvalue weighted by atomic mass is 32.2. The van der Waals surface area contributed by atoms with Crippen LogP contribution in [0.4, 0.5) is 0 Å². The average molecular weight is 344 g/mol. The monoisotopic (exact) mass is 344 g/mol. The third-order valence-corrected chi connectivity index (χ3v) is 8.25.